The maximum absolute atomic E-state index is 4.47. The van der Waals surface area contributed by atoms with Crippen molar-refractivity contribution in [2.24, 2.45) is 12.5 Å². The summed E-state index contributed by atoms with van der Waals surface area (Å²) in [7, 11) is 2.02. The summed E-state index contributed by atoms with van der Waals surface area (Å²) in [6.07, 6.45) is 2.17. The predicted octanol–water partition coefficient (Wildman–Crippen LogP) is 3.45. The third-order valence-electron chi connectivity index (χ3n) is 3.35. The van der Waals surface area contributed by atoms with E-state index in [1.54, 1.807) is 0 Å². The maximum atomic E-state index is 4.47. The molecular weight excluding hydrogens is 290 g/mol. The number of hydrogen-bond acceptors (Lipinski definition) is 2. The van der Waals surface area contributed by atoms with Crippen LogP contribution < -0.4 is 5.32 Å². The third kappa shape index (κ3) is 3.82. The normalized spacial score (nSPS) is 13.9. The smallest absolute Gasteiger partial charge is 0.0738 e. The second-order valence-electron chi connectivity index (χ2n) is 6.05. The Kier molecular flexibility index (Phi) is 5.41. The van der Waals surface area contributed by atoms with Gasteiger partial charge in [0.2, 0.25) is 0 Å². The van der Waals surface area contributed by atoms with E-state index in [1.165, 1.54) is 5.69 Å². The summed E-state index contributed by atoms with van der Waals surface area (Å²) >= 11 is 3.65. The van der Waals surface area contributed by atoms with E-state index in [0.717, 1.165) is 29.6 Å². The fourth-order valence-electron chi connectivity index (χ4n) is 2.10. The fraction of sp³-hybridized carbons (Fsp3) is 0.786. The van der Waals surface area contributed by atoms with Gasteiger partial charge < -0.3 is 5.32 Å². The molecule has 0 spiro atoms. The van der Waals surface area contributed by atoms with Crippen molar-refractivity contribution >= 4 is 15.9 Å². The van der Waals surface area contributed by atoms with Crippen LogP contribution in [0.1, 0.15) is 45.5 Å². The Hall–Kier alpha value is -0.350. The summed E-state index contributed by atoms with van der Waals surface area (Å²) in [5.74, 6) is 0. The first-order chi connectivity index (χ1) is 8.27. The van der Waals surface area contributed by atoms with Crippen molar-refractivity contribution in [3.63, 3.8) is 0 Å². The van der Waals surface area contributed by atoms with E-state index in [-0.39, 0.29) is 5.41 Å². The number of aryl methyl sites for hydroxylation is 2. The van der Waals surface area contributed by atoms with E-state index in [0.29, 0.717) is 6.04 Å². The number of aromatic nitrogens is 2. The van der Waals surface area contributed by atoms with Gasteiger partial charge in [0.15, 0.2) is 0 Å². The number of hydrogen-bond donors (Lipinski definition) is 1. The summed E-state index contributed by atoms with van der Waals surface area (Å²) in [5.41, 5.74) is 2.58. The van der Waals surface area contributed by atoms with E-state index in [9.17, 15) is 0 Å². The van der Waals surface area contributed by atoms with Gasteiger partial charge in [0.25, 0.3) is 0 Å². The molecule has 1 heterocycles. The van der Waals surface area contributed by atoms with Gasteiger partial charge in [-0.2, -0.15) is 5.10 Å². The topological polar surface area (TPSA) is 29.9 Å². The summed E-state index contributed by atoms with van der Waals surface area (Å²) in [4.78, 5) is 0. The van der Waals surface area contributed by atoms with Gasteiger partial charge in [0.1, 0.15) is 0 Å². The fourth-order valence-corrected chi connectivity index (χ4v) is 2.60. The summed E-state index contributed by atoms with van der Waals surface area (Å²) in [5, 5.41) is 8.13. The van der Waals surface area contributed by atoms with Crippen LogP contribution in [0.25, 0.3) is 0 Å². The monoisotopic (exact) mass is 315 g/mol. The zero-order valence-electron chi connectivity index (χ0n) is 12.5. The summed E-state index contributed by atoms with van der Waals surface area (Å²) < 4.78 is 3.14. The lowest BCUT2D eigenvalue weighted by Gasteiger charge is -2.32. The molecule has 1 aromatic rings. The average molecular weight is 316 g/mol. The van der Waals surface area contributed by atoms with Crippen LogP contribution in [0.2, 0.25) is 0 Å². The Labute approximate surface area is 119 Å². The van der Waals surface area contributed by atoms with Gasteiger partial charge in [-0.25, -0.2) is 0 Å². The van der Waals surface area contributed by atoms with Crippen LogP contribution in [0.15, 0.2) is 4.47 Å². The molecule has 1 atom stereocenters. The molecule has 0 saturated heterocycles. The van der Waals surface area contributed by atoms with Crippen LogP contribution in [-0.4, -0.2) is 22.4 Å². The SMILES string of the molecule is CCCNC(Cc1c(Br)c(C)nn1C)C(C)(C)C. The number of nitrogens with zero attached hydrogens (tertiary/aromatic N) is 2. The standard InChI is InChI=1S/C14H26BrN3/c1-7-8-16-12(14(3,4)5)9-11-13(15)10(2)17-18(11)6/h12,16H,7-9H2,1-6H3. The molecule has 18 heavy (non-hydrogen) atoms. The molecule has 104 valence electrons. The number of nitrogens with one attached hydrogen (secondary N) is 1. The lowest BCUT2D eigenvalue weighted by Crippen LogP contribution is -2.42. The summed E-state index contributed by atoms with van der Waals surface area (Å²) in [6.45, 7) is 12.2. The Bertz CT molecular complexity index is 390. The molecule has 1 unspecified atom stereocenters. The quantitative estimate of drug-likeness (QED) is 0.902. The van der Waals surface area contributed by atoms with Crippen molar-refractivity contribution < 1.29 is 0 Å². The Morgan fingerprint density at radius 3 is 2.39 bits per heavy atom. The van der Waals surface area contributed by atoms with Crippen molar-refractivity contribution in [3.8, 4) is 0 Å². The largest absolute Gasteiger partial charge is 0.313 e. The highest BCUT2D eigenvalue weighted by Crippen LogP contribution is 2.27. The molecule has 0 saturated carbocycles. The number of rotatable bonds is 5. The van der Waals surface area contributed by atoms with E-state index in [4.69, 9.17) is 0 Å². The minimum absolute atomic E-state index is 0.243. The molecule has 0 bridgehead atoms. The molecule has 0 radical (unpaired) electrons. The molecule has 0 aliphatic carbocycles. The highest BCUT2D eigenvalue weighted by Gasteiger charge is 2.26. The molecule has 0 amide bonds. The third-order valence-corrected chi connectivity index (χ3v) is 4.38. The van der Waals surface area contributed by atoms with Gasteiger partial charge in [-0.15, -0.1) is 0 Å². The first-order valence-corrected chi connectivity index (χ1v) is 7.48. The Morgan fingerprint density at radius 1 is 1.39 bits per heavy atom. The van der Waals surface area contributed by atoms with Gasteiger partial charge in [-0.3, -0.25) is 4.68 Å². The average Bonchev–Trinajstić information content (AvgIpc) is 2.48. The van der Waals surface area contributed by atoms with Crippen LogP contribution in [0, 0.1) is 12.3 Å². The van der Waals surface area contributed by atoms with E-state index in [2.05, 4.69) is 54.0 Å². The molecule has 4 heteroatoms. The minimum Gasteiger partial charge on any atom is -0.313 e. The molecule has 0 fully saturated rings. The molecule has 1 rings (SSSR count). The van der Waals surface area contributed by atoms with Gasteiger partial charge >= 0.3 is 0 Å². The zero-order valence-corrected chi connectivity index (χ0v) is 14.1. The van der Waals surface area contributed by atoms with Crippen LogP contribution in [0.4, 0.5) is 0 Å². The van der Waals surface area contributed by atoms with Gasteiger partial charge in [-0.1, -0.05) is 27.7 Å². The first-order valence-electron chi connectivity index (χ1n) is 6.68. The molecule has 1 N–H and O–H groups in total. The van der Waals surface area contributed by atoms with Crippen LogP contribution >= 0.6 is 15.9 Å². The van der Waals surface area contributed by atoms with E-state index >= 15 is 0 Å². The Balaban J connectivity index is 2.89. The second kappa shape index (κ2) is 6.20. The molecule has 1 aromatic heterocycles. The highest BCUT2D eigenvalue weighted by atomic mass is 79.9. The Morgan fingerprint density at radius 2 is 2.00 bits per heavy atom. The lowest BCUT2D eigenvalue weighted by atomic mass is 9.84. The van der Waals surface area contributed by atoms with Gasteiger partial charge in [-0.05, 0) is 41.2 Å². The predicted molar refractivity (Wildman–Crippen MR) is 80.9 cm³/mol. The van der Waals surface area contributed by atoms with Crippen molar-refractivity contribution in [3.05, 3.63) is 15.9 Å². The van der Waals surface area contributed by atoms with Crippen molar-refractivity contribution in [2.75, 3.05) is 6.54 Å². The lowest BCUT2D eigenvalue weighted by molar-refractivity contribution is 0.263. The molecule has 0 aromatic carbocycles. The molecule has 0 aliphatic rings. The van der Waals surface area contributed by atoms with E-state index in [1.807, 2.05) is 18.7 Å². The van der Waals surface area contributed by atoms with Crippen molar-refractivity contribution in [1.29, 1.82) is 0 Å². The molecule has 0 aliphatic heterocycles. The second-order valence-corrected chi connectivity index (χ2v) is 6.84. The summed E-state index contributed by atoms with van der Waals surface area (Å²) in [6, 6.07) is 0.462. The highest BCUT2D eigenvalue weighted by molar-refractivity contribution is 9.10. The minimum atomic E-state index is 0.243. The van der Waals surface area contributed by atoms with Crippen LogP contribution in [0.3, 0.4) is 0 Å². The van der Waals surface area contributed by atoms with Gasteiger partial charge in [0.05, 0.1) is 15.9 Å². The van der Waals surface area contributed by atoms with E-state index < -0.39 is 0 Å². The van der Waals surface area contributed by atoms with Crippen LogP contribution in [-0.2, 0) is 13.5 Å². The molecule has 3 nitrogen and oxygen atoms in total. The maximum Gasteiger partial charge on any atom is 0.0738 e. The zero-order chi connectivity index (χ0) is 13.9. The first kappa shape index (κ1) is 15.7. The molecular formula is C14H26BrN3. The van der Waals surface area contributed by atoms with Crippen molar-refractivity contribution in [2.45, 2.75) is 53.5 Å². The van der Waals surface area contributed by atoms with Gasteiger partial charge in [0, 0.05) is 19.5 Å². The van der Waals surface area contributed by atoms with Crippen LogP contribution in [0.5, 0.6) is 0 Å². The number of halogens is 1. The van der Waals surface area contributed by atoms with Crippen molar-refractivity contribution in [1.82, 2.24) is 15.1 Å².